The van der Waals surface area contributed by atoms with Crippen molar-refractivity contribution in [1.82, 2.24) is 4.98 Å². The van der Waals surface area contributed by atoms with Gasteiger partial charge in [0.15, 0.2) is 5.13 Å². The second-order valence-corrected chi connectivity index (χ2v) is 7.33. The Bertz CT molecular complexity index is 552. The first-order chi connectivity index (χ1) is 8.83. The molecule has 0 aromatic carbocycles. The summed E-state index contributed by atoms with van der Waals surface area (Å²) < 4.78 is 0. The van der Waals surface area contributed by atoms with Gasteiger partial charge in [0.2, 0.25) is 5.91 Å². The van der Waals surface area contributed by atoms with Crippen LogP contribution in [0.1, 0.15) is 40.0 Å². The lowest BCUT2D eigenvalue weighted by molar-refractivity contribution is -0.131. The van der Waals surface area contributed by atoms with Gasteiger partial charge in [0, 0.05) is 23.4 Å². The van der Waals surface area contributed by atoms with E-state index in [0.29, 0.717) is 11.6 Å². The molecule has 2 atom stereocenters. The molecule has 0 radical (unpaired) electrons. The SMILES string of the molecule is CC1(C)[C@@]2(C(=O)Nc3nccs3)CC[C@]1(C)C(=O)C2. The molecule has 5 heteroatoms. The lowest BCUT2D eigenvalue weighted by Gasteiger charge is -2.38. The summed E-state index contributed by atoms with van der Waals surface area (Å²) >= 11 is 1.40. The molecule has 1 aromatic heterocycles. The number of amides is 1. The van der Waals surface area contributed by atoms with Crippen LogP contribution in [0.3, 0.4) is 0 Å². The van der Waals surface area contributed by atoms with Gasteiger partial charge < -0.3 is 5.32 Å². The summed E-state index contributed by atoms with van der Waals surface area (Å²) in [5.41, 5.74) is -1.21. The molecule has 1 heterocycles. The molecule has 2 aliphatic carbocycles. The van der Waals surface area contributed by atoms with Crippen LogP contribution in [-0.4, -0.2) is 16.7 Å². The molecular weight excluding hydrogens is 260 g/mol. The molecule has 0 saturated heterocycles. The molecule has 2 saturated carbocycles. The number of carbonyl (C=O) groups excluding carboxylic acids is 2. The quantitative estimate of drug-likeness (QED) is 0.905. The molecule has 2 fully saturated rings. The van der Waals surface area contributed by atoms with Crippen molar-refractivity contribution in [2.45, 2.75) is 40.0 Å². The minimum absolute atomic E-state index is 0.0398. The smallest absolute Gasteiger partial charge is 0.233 e. The first kappa shape index (κ1) is 12.8. The average molecular weight is 278 g/mol. The normalized spacial score (nSPS) is 35.6. The van der Waals surface area contributed by atoms with Gasteiger partial charge in [0.05, 0.1) is 5.41 Å². The van der Waals surface area contributed by atoms with E-state index >= 15 is 0 Å². The highest BCUT2D eigenvalue weighted by Gasteiger charge is 2.72. The van der Waals surface area contributed by atoms with Crippen molar-refractivity contribution in [2.75, 3.05) is 5.32 Å². The number of Topliss-reactive ketones (excluding diaryl/α,β-unsaturated/α-hetero) is 1. The van der Waals surface area contributed by atoms with E-state index in [1.165, 1.54) is 11.3 Å². The molecule has 2 bridgehead atoms. The van der Waals surface area contributed by atoms with Crippen molar-refractivity contribution in [2.24, 2.45) is 16.2 Å². The maximum atomic E-state index is 12.7. The highest BCUT2D eigenvalue weighted by molar-refractivity contribution is 7.13. The number of hydrogen-bond acceptors (Lipinski definition) is 4. The summed E-state index contributed by atoms with van der Waals surface area (Å²) in [5.74, 6) is 0.195. The van der Waals surface area contributed by atoms with Crippen LogP contribution in [0.25, 0.3) is 0 Å². The second-order valence-electron chi connectivity index (χ2n) is 6.43. The van der Waals surface area contributed by atoms with Crippen molar-refractivity contribution in [3.05, 3.63) is 11.6 Å². The van der Waals surface area contributed by atoms with Gasteiger partial charge in [-0.15, -0.1) is 11.3 Å². The van der Waals surface area contributed by atoms with Crippen LogP contribution < -0.4 is 5.32 Å². The third-order valence-electron chi connectivity index (χ3n) is 5.79. The van der Waals surface area contributed by atoms with Crippen molar-refractivity contribution in [3.63, 3.8) is 0 Å². The Morgan fingerprint density at radius 3 is 2.58 bits per heavy atom. The van der Waals surface area contributed by atoms with Gasteiger partial charge in [-0.1, -0.05) is 20.8 Å². The van der Waals surface area contributed by atoms with Crippen LogP contribution in [0, 0.1) is 16.2 Å². The van der Waals surface area contributed by atoms with E-state index in [4.69, 9.17) is 0 Å². The number of carbonyl (C=O) groups is 2. The number of anilines is 1. The number of fused-ring (bicyclic) bond motifs is 2. The fourth-order valence-electron chi connectivity index (χ4n) is 3.86. The molecule has 2 aliphatic rings. The van der Waals surface area contributed by atoms with Gasteiger partial charge >= 0.3 is 0 Å². The molecule has 0 spiro atoms. The van der Waals surface area contributed by atoms with E-state index in [1.807, 2.05) is 12.3 Å². The summed E-state index contributed by atoms with van der Waals surface area (Å²) in [6, 6.07) is 0. The van der Waals surface area contributed by atoms with Crippen molar-refractivity contribution in [1.29, 1.82) is 0 Å². The monoisotopic (exact) mass is 278 g/mol. The van der Waals surface area contributed by atoms with E-state index < -0.39 is 5.41 Å². The third-order valence-corrected chi connectivity index (χ3v) is 6.48. The molecule has 3 rings (SSSR count). The summed E-state index contributed by atoms with van der Waals surface area (Å²) in [7, 11) is 0. The van der Waals surface area contributed by atoms with Crippen LogP contribution in [0.4, 0.5) is 5.13 Å². The van der Waals surface area contributed by atoms with Gasteiger partial charge in [0.25, 0.3) is 0 Å². The van der Waals surface area contributed by atoms with Crippen LogP contribution in [-0.2, 0) is 9.59 Å². The van der Waals surface area contributed by atoms with Gasteiger partial charge in [-0.25, -0.2) is 4.98 Å². The number of hydrogen-bond donors (Lipinski definition) is 1. The van der Waals surface area contributed by atoms with Crippen LogP contribution >= 0.6 is 11.3 Å². The van der Waals surface area contributed by atoms with E-state index in [-0.39, 0.29) is 22.5 Å². The van der Waals surface area contributed by atoms with Gasteiger partial charge in [-0.05, 0) is 18.3 Å². The number of rotatable bonds is 2. The fraction of sp³-hybridized carbons (Fsp3) is 0.643. The Kier molecular flexibility index (Phi) is 2.46. The summed E-state index contributed by atoms with van der Waals surface area (Å²) in [4.78, 5) is 29.1. The molecule has 0 unspecified atom stereocenters. The Morgan fingerprint density at radius 2 is 2.11 bits per heavy atom. The Balaban J connectivity index is 1.96. The third kappa shape index (κ3) is 1.37. The van der Waals surface area contributed by atoms with Crippen LogP contribution in [0.5, 0.6) is 0 Å². The van der Waals surface area contributed by atoms with E-state index in [0.717, 1.165) is 12.8 Å². The van der Waals surface area contributed by atoms with E-state index in [1.54, 1.807) is 6.20 Å². The zero-order valence-corrected chi connectivity index (χ0v) is 12.3. The van der Waals surface area contributed by atoms with Crippen LogP contribution in [0.15, 0.2) is 11.6 Å². The minimum atomic E-state index is -0.565. The Morgan fingerprint density at radius 1 is 1.37 bits per heavy atom. The molecule has 1 amide bonds. The fourth-order valence-corrected chi connectivity index (χ4v) is 4.39. The number of thiazole rings is 1. The summed E-state index contributed by atoms with van der Waals surface area (Å²) in [6.45, 7) is 6.14. The molecule has 1 aromatic rings. The lowest BCUT2D eigenvalue weighted by atomic mass is 9.64. The summed E-state index contributed by atoms with van der Waals surface area (Å²) in [6.07, 6.45) is 3.64. The number of aromatic nitrogens is 1. The molecule has 4 nitrogen and oxygen atoms in total. The minimum Gasteiger partial charge on any atom is -0.301 e. The standard InChI is InChI=1S/C14H18N2O2S/c1-12(2)13(3)4-5-14(12,8-9(13)17)10(18)16-11-15-6-7-19-11/h6-7H,4-5,8H2,1-3H3,(H,15,16,18)/t13-,14+/m1/s1. The Labute approximate surface area is 116 Å². The van der Waals surface area contributed by atoms with Crippen molar-refractivity contribution in [3.8, 4) is 0 Å². The predicted octanol–water partition coefficient (Wildman–Crippen LogP) is 2.87. The largest absolute Gasteiger partial charge is 0.301 e. The molecule has 102 valence electrons. The van der Waals surface area contributed by atoms with Gasteiger partial charge in [0.1, 0.15) is 5.78 Å². The van der Waals surface area contributed by atoms with Gasteiger partial charge in [-0.3, -0.25) is 9.59 Å². The van der Waals surface area contributed by atoms with E-state index in [2.05, 4.69) is 24.1 Å². The second kappa shape index (κ2) is 3.66. The van der Waals surface area contributed by atoms with Crippen molar-refractivity contribution >= 4 is 28.2 Å². The van der Waals surface area contributed by atoms with Crippen LogP contribution in [0.2, 0.25) is 0 Å². The molecular formula is C14H18N2O2S. The number of nitrogens with zero attached hydrogens (tertiary/aromatic N) is 1. The number of ketones is 1. The van der Waals surface area contributed by atoms with E-state index in [9.17, 15) is 9.59 Å². The maximum absolute atomic E-state index is 12.7. The Hall–Kier alpha value is -1.23. The zero-order chi connectivity index (χ0) is 13.9. The lowest BCUT2D eigenvalue weighted by Crippen LogP contribution is -2.43. The average Bonchev–Trinajstić information content (AvgIpc) is 2.94. The maximum Gasteiger partial charge on any atom is 0.233 e. The highest BCUT2D eigenvalue weighted by Crippen LogP contribution is 2.70. The predicted molar refractivity (Wildman–Crippen MR) is 73.9 cm³/mol. The molecule has 1 N–H and O–H groups in total. The molecule has 19 heavy (non-hydrogen) atoms. The zero-order valence-electron chi connectivity index (χ0n) is 11.4. The topological polar surface area (TPSA) is 59.1 Å². The summed E-state index contributed by atoms with van der Waals surface area (Å²) in [5, 5.41) is 5.34. The van der Waals surface area contributed by atoms with Gasteiger partial charge in [-0.2, -0.15) is 0 Å². The number of nitrogens with one attached hydrogen (secondary N) is 1. The molecule has 0 aliphatic heterocycles. The van der Waals surface area contributed by atoms with Crippen molar-refractivity contribution < 1.29 is 9.59 Å². The highest BCUT2D eigenvalue weighted by atomic mass is 32.1. The first-order valence-corrected chi connectivity index (χ1v) is 7.46. The first-order valence-electron chi connectivity index (χ1n) is 6.58.